The lowest BCUT2D eigenvalue weighted by atomic mass is 9.66. The molecule has 25 heavy (non-hydrogen) atoms. The van der Waals surface area contributed by atoms with Crippen molar-refractivity contribution in [2.75, 3.05) is 13.7 Å². The molecule has 0 aromatic carbocycles. The van der Waals surface area contributed by atoms with Gasteiger partial charge < -0.3 is 14.0 Å². The zero-order valence-electron chi connectivity index (χ0n) is 15.8. The summed E-state index contributed by atoms with van der Waals surface area (Å²) < 4.78 is 12.8. The minimum absolute atomic E-state index is 0.280. The molecule has 7 heteroatoms. The third-order valence-corrected chi connectivity index (χ3v) is 7.63. The van der Waals surface area contributed by atoms with Gasteiger partial charge in [-0.1, -0.05) is 13.8 Å². The molecule has 2 heterocycles. The molecule has 2 fully saturated rings. The van der Waals surface area contributed by atoms with E-state index in [4.69, 9.17) is 9.47 Å². The number of carbonyl (C=O) groups excluding carboxylic acids is 2. The first kappa shape index (κ1) is 18.3. The molecule has 1 saturated heterocycles. The van der Waals surface area contributed by atoms with Crippen LogP contribution in [0.4, 0.5) is 0 Å². The highest BCUT2D eigenvalue weighted by Crippen LogP contribution is 2.65. The van der Waals surface area contributed by atoms with E-state index in [1.807, 2.05) is 39.2 Å². The van der Waals surface area contributed by atoms with Crippen LogP contribution < -0.4 is 4.80 Å². The van der Waals surface area contributed by atoms with Gasteiger partial charge in [-0.15, -0.1) is 11.3 Å². The van der Waals surface area contributed by atoms with Crippen molar-refractivity contribution >= 4 is 23.2 Å². The zero-order valence-corrected chi connectivity index (χ0v) is 16.6. The molecular weight excluding hydrogens is 340 g/mol. The maximum atomic E-state index is 13.2. The average molecular weight is 366 g/mol. The summed E-state index contributed by atoms with van der Waals surface area (Å²) in [6.45, 7) is 11.0. The van der Waals surface area contributed by atoms with Crippen LogP contribution in [0.15, 0.2) is 4.99 Å². The van der Waals surface area contributed by atoms with E-state index >= 15 is 0 Å². The van der Waals surface area contributed by atoms with Crippen LogP contribution >= 0.6 is 11.3 Å². The monoisotopic (exact) mass is 366 g/mol. The fraction of sp³-hybridized carbons (Fsp3) is 0.722. The van der Waals surface area contributed by atoms with E-state index in [-0.39, 0.29) is 11.9 Å². The van der Waals surface area contributed by atoms with Gasteiger partial charge in [0.05, 0.1) is 12.0 Å². The van der Waals surface area contributed by atoms with E-state index in [9.17, 15) is 9.59 Å². The number of esters is 1. The topological polar surface area (TPSA) is 69.9 Å². The maximum Gasteiger partial charge on any atom is 0.313 e. The number of ether oxygens (including phenoxy) is 2. The highest BCUT2D eigenvalue weighted by atomic mass is 32.1. The van der Waals surface area contributed by atoms with Gasteiger partial charge in [0.15, 0.2) is 10.4 Å². The highest BCUT2D eigenvalue weighted by molar-refractivity contribution is 7.09. The van der Waals surface area contributed by atoms with Crippen molar-refractivity contribution in [2.24, 2.45) is 15.8 Å². The molecule has 1 aliphatic carbocycles. The second-order valence-corrected chi connectivity index (χ2v) is 8.94. The van der Waals surface area contributed by atoms with Gasteiger partial charge in [-0.25, -0.2) is 0 Å². The molecule has 0 spiro atoms. The van der Waals surface area contributed by atoms with E-state index in [1.165, 1.54) is 11.3 Å². The van der Waals surface area contributed by atoms with Crippen LogP contribution in [0.2, 0.25) is 0 Å². The average Bonchev–Trinajstić information content (AvgIpc) is 2.98. The van der Waals surface area contributed by atoms with Crippen molar-refractivity contribution in [1.29, 1.82) is 0 Å². The Balaban J connectivity index is 2.05. The molecule has 0 radical (unpaired) electrons. The third-order valence-electron chi connectivity index (χ3n) is 6.53. The van der Waals surface area contributed by atoms with E-state index in [1.54, 1.807) is 7.11 Å². The van der Waals surface area contributed by atoms with Crippen LogP contribution in [0.25, 0.3) is 0 Å². The molecule has 2 unspecified atom stereocenters. The number of methoxy groups -OCH3 is 1. The molecule has 138 valence electrons. The first-order chi connectivity index (χ1) is 11.6. The SMILES string of the molecule is COCCn1c(C)c(C)sc1=NC(=O)C12CCC(C)(C(=O)O1)C2(C)C. The lowest BCUT2D eigenvalue weighted by Crippen LogP contribution is -2.47. The van der Waals surface area contributed by atoms with Crippen molar-refractivity contribution in [3.63, 3.8) is 0 Å². The lowest BCUT2D eigenvalue weighted by Gasteiger charge is -2.33. The summed E-state index contributed by atoms with van der Waals surface area (Å²) in [6.07, 6.45) is 1.19. The van der Waals surface area contributed by atoms with Gasteiger partial charge in [-0.3, -0.25) is 9.59 Å². The second-order valence-electron chi connectivity index (χ2n) is 7.76. The van der Waals surface area contributed by atoms with Gasteiger partial charge in [0.25, 0.3) is 5.91 Å². The summed E-state index contributed by atoms with van der Waals surface area (Å²) in [5.74, 6) is -0.627. The van der Waals surface area contributed by atoms with Crippen LogP contribution in [-0.4, -0.2) is 35.8 Å². The van der Waals surface area contributed by atoms with Crippen molar-refractivity contribution in [2.45, 2.75) is 59.6 Å². The van der Waals surface area contributed by atoms with Crippen molar-refractivity contribution in [3.05, 3.63) is 15.4 Å². The Morgan fingerprint density at radius 3 is 2.52 bits per heavy atom. The van der Waals surface area contributed by atoms with Crippen LogP contribution in [0.3, 0.4) is 0 Å². The van der Waals surface area contributed by atoms with Gasteiger partial charge in [0, 0.05) is 29.6 Å². The van der Waals surface area contributed by atoms with Gasteiger partial charge in [-0.05, 0) is 33.6 Å². The molecule has 6 nitrogen and oxygen atoms in total. The molecule has 2 aliphatic rings. The van der Waals surface area contributed by atoms with Crippen LogP contribution in [0.1, 0.15) is 44.2 Å². The van der Waals surface area contributed by atoms with Gasteiger partial charge in [0.2, 0.25) is 0 Å². The number of amides is 1. The normalized spacial score (nSPS) is 30.8. The predicted octanol–water partition coefficient (Wildman–Crippen LogP) is 2.36. The van der Waals surface area contributed by atoms with E-state index in [2.05, 4.69) is 4.99 Å². The predicted molar refractivity (Wildman–Crippen MR) is 94.2 cm³/mol. The zero-order chi connectivity index (χ0) is 18.6. The van der Waals surface area contributed by atoms with Gasteiger partial charge in [-0.2, -0.15) is 4.99 Å². The number of rotatable bonds is 4. The summed E-state index contributed by atoms with van der Waals surface area (Å²) in [5, 5.41) is 0. The number of aryl methyl sites for hydroxylation is 1. The van der Waals surface area contributed by atoms with Crippen LogP contribution in [0.5, 0.6) is 0 Å². The van der Waals surface area contributed by atoms with Gasteiger partial charge in [0.1, 0.15) is 0 Å². The number of hydrogen-bond acceptors (Lipinski definition) is 5. The minimum Gasteiger partial charge on any atom is -0.448 e. The molecule has 1 aromatic heterocycles. The summed E-state index contributed by atoms with van der Waals surface area (Å²) in [6, 6.07) is 0. The molecule has 0 N–H and O–H groups in total. The Bertz CT molecular complexity index is 806. The smallest absolute Gasteiger partial charge is 0.313 e. The molecule has 1 aromatic rings. The number of aromatic nitrogens is 1. The summed E-state index contributed by atoms with van der Waals surface area (Å²) in [4.78, 5) is 31.7. The number of hydrogen-bond donors (Lipinski definition) is 0. The van der Waals surface area contributed by atoms with Gasteiger partial charge >= 0.3 is 5.97 Å². The standard InChI is InChI=1S/C18H26N2O4S/c1-11-12(2)25-15(20(11)9-10-23-6)19-13(21)18-8-7-17(5,14(22)24-18)16(18,3)4/h7-10H2,1-6H3. The van der Waals surface area contributed by atoms with E-state index < -0.39 is 16.4 Å². The summed E-state index contributed by atoms with van der Waals surface area (Å²) >= 11 is 1.48. The molecule has 2 bridgehead atoms. The summed E-state index contributed by atoms with van der Waals surface area (Å²) in [5.41, 5.74) is -1.27. The number of fused-ring (bicyclic) bond motifs is 2. The van der Waals surface area contributed by atoms with E-state index in [0.29, 0.717) is 30.8 Å². The van der Waals surface area contributed by atoms with Crippen molar-refractivity contribution in [1.82, 2.24) is 4.57 Å². The first-order valence-corrected chi connectivity index (χ1v) is 9.41. The molecule has 1 saturated carbocycles. The molecule has 3 rings (SSSR count). The Morgan fingerprint density at radius 1 is 1.32 bits per heavy atom. The van der Waals surface area contributed by atoms with Crippen LogP contribution in [0, 0.1) is 24.7 Å². The molecular formula is C18H26N2O4S. The quantitative estimate of drug-likeness (QED) is 0.767. The first-order valence-electron chi connectivity index (χ1n) is 8.59. The Labute approximate surface area is 151 Å². The van der Waals surface area contributed by atoms with E-state index in [0.717, 1.165) is 10.6 Å². The third kappa shape index (κ3) is 2.28. The summed E-state index contributed by atoms with van der Waals surface area (Å²) in [7, 11) is 1.65. The number of nitrogens with zero attached hydrogens (tertiary/aromatic N) is 2. The second kappa shape index (κ2) is 5.77. The van der Waals surface area contributed by atoms with Crippen molar-refractivity contribution in [3.8, 4) is 0 Å². The maximum absolute atomic E-state index is 13.2. The highest BCUT2D eigenvalue weighted by Gasteiger charge is 2.75. The fourth-order valence-corrected chi connectivity index (χ4v) is 5.03. The lowest BCUT2D eigenvalue weighted by molar-refractivity contribution is -0.166. The van der Waals surface area contributed by atoms with Crippen molar-refractivity contribution < 1.29 is 19.1 Å². The Hall–Kier alpha value is -1.47. The molecule has 2 atom stereocenters. The fourth-order valence-electron chi connectivity index (χ4n) is 4.03. The number of thiazole rings is 1. The minimum atomic E-state index is -1.15. The Morgan fingerprint density at radius 2 is 2.00 bits per heavy atom. The number of carbonyl (C=O) groups is 2. The van der Waals surface area contributed by atoms with Crippen LogP contribution in [-0.2, 0) is 25.6 Å². The Kier molecular flexibility index (Phi) is 4.23. The molecule has 1 amide bonds. The molecule has 1 aliphatic heterocycles. The largest absolute Gasteiger partial charge is 0.448 e.